The van der Waals surface area contributed by atoms with Gasteiger partial charge in [-0.15, -0.1) is 0 Å². The summed E-state index contributed by atoms with van der Waals surface area (Å²) in [5.74, 6) is -0.173. The van der Waals surface area contributed by atoms with Crippen molar-refractivity contribution in [3.05, 3.63) is 35.6 Å². The molecule has 0 bridgehead atoms. The van der Waals surface area contributed by atoms with E-state index in [1.54, 1.807) is 6.07 Å². The first kappa shape index (κ1) is 10.1. The molecule has 1 aromatic rings. The second kappa shape index (κ2) is 4.85. The van der Waals surface area contributed by atoms with E-state index < -0.39 is 0 Å². The highest BCUT2D eigenvalue weighted by Gasteiger charge is 1.91. The summed E-state index contributed by atoms with van der Waals surface area (Å²) >= 11 is 0. The predicted octanol–water partition coefficient (Wildman–Crippen LogP) is 2.18. The summed E-state index contributed by atoms with van der Waals surface area (Å²) in [5, 5.41) is 2.94. The van der Waals surface area contributed by atoms with Gasteiger partial charge < -0.3 is 5.32 Å². The van der Waals surface area contributed by atoms with Gasteiger partial charge in [0.1, 0.15) is 5.82 Å². The van der Waals surface area contributed by atoms with Crippen LogP contribution in [0.4, 0.5) is 4.39 Å². The molecule has 0 fully saturated rings. The van der Waals surface area contributed by atoms with Crippen molar-refractivity contribution in [1.29, 1.82) is 0 Å². The maximum Gasteiger partial charge on any atom is 0.123 e. The van der Waals surface area contributed by atoms with Crippen LogP contribution in [0.2, 0.25) is 0 Å². The molecule has 0 aliphatic carbocycles. The normalized spacial score (nSPS) is 8.91. The van der Waals surface area contributed by atoms with E-state index >= 15 is 0 Å². The Bertz CT molecular complexity index is 210. The SMILES string of the molecule is C.CNCc1cccc(F)c1. The van der Waals surface area contributed by atoms with Crippen LogP contribution in [0.5, 0.6) is 0 Å². The quantitative estimate of drug-likeness (QED) is 0.690. The maximum atomic E-state index is 12.5. The lowest BCUT2D eigenvalue weighted by atomic mass is 10.2. The van der Waals surface area contributed by atoms with E-state index in [1.807, 2.05) is 13.1 Å². The zero-order valence-electron chi connectivity index (χ0n) is 5.89. The molecule has 0 atom stereocenters. The van der Waals surface area contributed by atoms with E-state index in [9.17, 15) is 4.39 Å². The lowest BCUT2D eigenvalue weighted by molar-refractivity contribution is 0.624. The fourth-order valence-corrected chi connectivity index (χ4v) is 0.851. The minimum atomic E-state index is -0.173. The Balaban J connectivity index is 0.000001000. The van der Waals surface area contributed by atoms with Gasteiger partial charge in [-0.1, -0.05) is 19.6 Å². The fourth-order valence-electron chi connectivity index (χ4n) is 0.851. The van der Waals surface area contributed by atoms with Crippen molar-refractivity contribution in [3.63, 3.8) is 0 Å². The van der Waals surface area contributed by atoms with E-state index in [0.29, 0.717) is 0 Å². The third-order valence-corrected chi connectivity index (χ3v) is 1.27. The molecule has 1 nitrogen and oxygen atoms in total. The van der Waals surface area contributed by atoms with Crippen molar-refractivity contribution < 1.29 is 4.39 Å². The van der Waals surface area contributed by atoms with Crippen LogP contribution in [0.1, 0.15) is 13.0 Å². The number of hydrogen-bond donors (Lipinski definition) is 1. The largest absolute Gasteiger partial charge is 0.316 e. The molecule has 1 N–H and O–H groups in total. The van der Waals surface area contributed by atoms with Crippen LogP contribution in [-0.4, -0.2) is 7.05 Å². The van der Waals surface area contributed by atoms with Gasteiger partial charge in [-0.2, -0.15) is 0 Å². The molecule has 62 valence electrons. The topological polar surface area (TPSA) is 12.0 Å². The van der Waals surface area contributed by atoms with E-state index in [0.717, 1.165) is 12.1 Å². The molecular formula is C9H14FN. The van der Waals surface area contributed by atoms with E-state index in [-0.39, 0.29) is 13.2 Å². The minimum absolute atomic E-state index is 0. The molecule has 1 aromatic carbocycles. The third kappa shape index (κ3) is 3.14. The summed E-state index contributed by atoms with van der Waals surface area (Å²) in [7, 11) is 1.84. The zero-order chi connectivity index (χ0) is 7.40. The first-order chi connectivity index (χ1) is 4.83. The summed E-state index contributed by atoms with van der Waals surface area (Å²) < 4.78 is 12.5. The Morgan fingerprint density at radius 3 is 2.73 bits per heavy atom. The number of nitrogens with one attached hydrogen (secondary N) is 1. The van der Waals surface area contributed by atoms with E-state index in [2.05, 4.69) is 5.32 Å². The Hall–Kier alpha value is -0.890. The Labute approximate surface area is 67.2 Å². The Morgan fingerprint density at radius 2 is 2.18 bits per heavy atom. The average Bonchev–Trinajstić information content (AvgIpc) is 1.88. The molecule has 11 heavy (non-hydrogen) atoms. The summed E-state index contributed by atoms with van der Waals surface area (Å²) in [6.07, 6.45) is 0. The Kier molecular flexibility index (Phi) is 4.46. The van der Waals surface area contributed by atoms with Crippen LogP contribution in [0.25, 0.3) is 0 Å². The van der Waals surface area contributed by atoms with Crippen LogP contribution >= 0.6 is 0 Å². The summed E-state index contributed by atoms with van der Waals surface area (Å²) in [6, 6.07) is 6.57. The molecule has 0 aliphatic heterocycles. The maximum absolute atomic E-state index is 12.5. The molecule has 0 saturated carbocycles. The second-order valence-electron chi connectivity index (χ2n) is 2.16. The van der Waals surface area contributed by atoms with Gasteiger partial charge in [0.15, 0.2) is 0 Å². The summed E-state index contributed by atoms with van der Waals surface area (Å²) in [5.41, 5.74) is 0.975. The van der Waals surface area contributed by atoms with Gasteiger partial charge >= 0.3 is 0 Å². The predicted molar refractivity (Wildman–Crippen MR) is 45.9 cm³/mol. The lowest BCUT2D eigenvalue weighted by Crippen LogP contribution is -2.04. The van der Waals surface area contributed by atoms with Crippen LogP contribution in [0.15, 0.2) is 24.3 Å². The Morgan fingerprint density at radius 1 is 1.45 bits per heavy atom. The van der Waals surface area contributed by atoms with Crippen molar-refractivity contribution in [1.82, 2.24) is 5.32 Å². The fraction of sp³-hybridized carbons (Fsp3) is 0.333. The molecule has 0 radical (unpaired) electrons. The number of halogens is 1. The van der Waals surface area contributed by atoms with Crippen molar-refractivity contribution in [2.45, 2.75) is 14.0 Å². The van der Waals surface area contributed by atoms with Crippen LogP contribution in [0, 0.1) is 5.82 Å². The molecule has 0 aliphatic rings. The highest BCUT2D eigenvalue weighted by atomic mass is 19.1. The van der Waals surface area contributed by atoms with Crippen molar-refractivity contribution in [3.8, 4) is 0 Å². The minimum Gasteiger partial charge on any atom is -0.316 e. The van der Waals surface area contributed by atoms with Crippen LogP contribution in [0.3, 0.4) is 0 Å². The molecule has 1 rings (SSSR count). The van der Waals surface area contributed by atoms with E-state index in [1.165, 1.54) is 12.1 Å². The molecule has 0 heterocycles. The molecule has 0 spiro atoms. The van der Waals surface area contributed by atoms with Crippen LogP contribution in [-0.2, 0) is 6.54 Å². The lowest BCUT2D eigenvalue weighted by Gasteiger charge is -1.97. The highest BCUT2D eigenvalue weighted by molar-refractivity contribution is 5.15. The molecule has 0 saturated heterocycles. The van der Waals surface area contributed by atoms with Crippen molar-refractivity contribution >= 4 is 0 Å². The van der Waals surface area contributed by atoms with Crippen molar-refractivity contribution in [2.75, 3.05) is 7.05 Å². The smallest absolute Gasteiger partial charge is 0.123 e. The van der Waals surface area contributed by atoms with Crippen LogP contribution < -0.4 is 5.32 Å². The van der Waals surface area contributed by atoms with Gasteiger partial charge in [-0.25, -0.2) is 4.39 Å². The number of rotatable bonds is 2. The number of benzene rings is 1. The monoisotopic (exact) mass is 155 g/mol. The van der Waals surface area contributed by atoms with Gasteiger partial charge in [0, 0.05) is 6.54 Å². The molecule has 2 heteroatoms. The highest BCUT2D eigenvalue weighted by Crippen LogP contribution is 2.01. The zero-order valence-corrected chi connectivity index (χ0v) is 5.89. The third-order valence-electron chi connectivity index (χ3n) is 1.27. The molecule has 0 unspecified atom stereocenters. The number of hydrogen-bond acceptors (Lipinski definition) is 1. The second-order valence-corrected chi connectivity index (χ2v) is 2.16. The molecule has 0 aromatic heterocycles. The van der Waals surface area contributed by atoms with Gasteiger partial charge in [-0.3, -0.25) is 0 Å². The summed E-state index contributed by atoms with van der Waals surface area (Å²) in [4.78, 5) is 0. The first-order valence-corrected chi connectivity index (χ1v) is 3.22. The van der Waals surface area contributed by atoms with Gasteiger partial charge in [-0.05, 0) is 24.7 Å². The van der Waals surface area contributed by atoms with Gasteiger partial charge in [0.25, 0.3) is 0 Å². The van der Waals surface area contributed by atoms with Gasteiger partial charge in [0.2, 0.25) is 0 Å². The van der Waals surface area contributed by atoms with Crippen molar-refractivity contribution in [2.24, 2.45) is 0 Å². The first-order valence-electron chi connectivity index (χ1n) is 3.22. The standard InChI is InChI=1S/C8H10FN.CH4/c1-10-6-7-3-2-4-8(9)5-7;/h2-5,10H,6H2,1H3;1H4. The average molecular weight is 155 g/mol. The molecular weight excluding hydrogens is 141 g/mol. The van der Waals surface area contributed by atoms with E-state index in [4.69, 9.17) is 0 Å². The molecule has 0 amide bonds. The van der Waals surface area contributed by atoms with Gasteiger partial charge in [0.05, 0.1) is 0 Å². The summed E-state index contributed by atoms with van der Waals surface area (Å²) in [6.45, 7) is 0.720.